The Morgan fingerprint density at radius 3 is 2.90 bits per heavy atom. The molecular formula is C12H13N3O3S2. The van der Waals surface area contributed by atoms with Gasteiger partial charge in [-0.3, -0.25) is 9.59 Å². The standard InChI is InChI=1S/C12H13N3O3S2/c13-7(11(17)18)5-19-6-10(16)15-12-14-8-3-1-2-4-9(8)20-12/h1-4,7H,5-6,13H2,(H,17,18)(H,14,15,16)/t7-/m1/s1. The maximum Gasteiger partial charge on any atom is 0.321 e. The van der Waals surface area contributed by atoms with Crippen LogP contribution >= 0.6 is 23.1 Å². The Balaban J connectivity index is 1.84. The lowest BCUT2D eigenvalue weighted by Gasteiger charge is -2.05. The Bertz CT molecular complexity index is 596. The second-order valence-electron chi connectivity index (χ2n) is 3.99. The van der Waals surface area contributed by atoms with Gasteiger partial charge in [0.05, 0.1) is 16.0 Å². The summed E-state index contributed by atoms with van der Waals surface area (Å²) in [5, 5.41) is 11.9. The van der Waals surface area contributed by atoms with Crippen molar-refractivity contribution in [2.75, 3.05) is 16.8 Å². The molecule has 0 spiro atoms. The molecule has 0 bridgehead atoms. The van der Waals surface area contributed by atoms with Crippen LogP contribution < -0.4 is 11.1 Å². The lowest BCUT2D eigenvalue weighted by Crippen LogP contribution is -2.33. The van der Waals surface area contributed by atoms with Crippen LogP contribution in [0.4, 0.5) is 5.13 Å². The normalized spacial score (nSPS) is 12.2. The number of nitrogens with zero attached hydrogens (tertiary/aromatic N) is 1. The number of fused-ring (bicyclic) bond motifs is 1. The van der Waals surface area contributed by atoms with Gasteiger partial charge in [-0.05, 0) is 12.1 Å². The zero-order valence-electron chi connectivity index (χ0n) is 10.4. The SMILES string of the molecule is N[C@H](CSCC(=O)Nc1nc2ccccc2s1)C(=O)O. The Morgan fingerprint density at radius 2 is 2.20 bits per heavy atom. The summed E-state index contributed by atoms with van der Waals surface area (Å²) in [7, 11) is 0. The number of para-hydroxylation sites is 1. The monoisotopic (exact) mass is 311 g/mol. The molecule has 2 aromatic rings. The van der Waals surface area contributed by atoms with Crippen LogP contribution in [0, 0.1) is 0 Å². The van der Waals surface area contributed by atoms with Crippen molar-refractivity contribution in [2.45, 2.75) is 6.04 Å². The summed E-state index contributed by atoms with van der Waals surface area (Å²) >= 11 is 2.58. The minimum absolute atomic E-state index is 0.150. The molecule has 0 saturated heterocycles. The van der Waals surface area contributed by atoms with Gasteiger partial charge in [-0.25, -0.2) is 4.98 Å². The molecule has 1 aromatic heterocycles. The highest BCUT2D eigenvalue weighted by molar-refractivity contribution is 8.00. The number of amides is 1. The first-order chi connectivity index (χ1) is 9.56. The maximum absolute atomic E-state index is 11.7. The predicted molar refractivity (Wildman–Crippen MR) is 81.2 cm³/mol. The highest BCUT2D eigenvalue weighted by Crippen LogP contribution is 2.25. The second kappa shape index (κ2) is 6.69. The van der Waals surface area contributed by atoms with Gasteiger partial charge < -0.3 is 16.2 Å². The lowest BCUT2D eigenvalue weighted by atomic mass is 10.3. The van der Waals surface area contributed by atoms with Crippen molar-refractivity contribution < 1.29 is 14.7 Å². The van der Waals surface area contributed by atoms with Gasteiger partial charge >= 0.3 is 5.97 Å². The topological polar surface area (TPSA) is 105 Å². The number of aliphatic carboxylic acids is 1. The number of thiazole rings is 1. The van der Waals surface area contributed by atoms with Crippen LogP contribution in [0.15, 0.2) is 24.3 Å². The number of hydrogen-bond donors (Lipinski definition) is 3. The molecule has 20 heavy (non-hydrogen) atoms. The molecule has 6 nitrogen and oxygen atoms in total. The van der Waals surface area contributed by atoms with E-state index < -0.39 is 12.0 Å². The largest absolute Gasteiger partial charge is 0.480 e. The average molecular weight is 311 g/mol. The van der Waals surface area contributed by atoms with Gasteiger partial charge in [-0.15, -0.1) is 11.8 Å². The Morgan fingerprint density at radius 1 is 1.45 bits per heavy atom. The number of hydrogen-bond acceptors (Lipinski definition) is 6. The number of aromatic nitrogens is 1. The molecule has 2 rings (SSSR count). The van der Waals surface area contributed by atoms with Crippen LogP contribution in [-0.2, 0) is 9.59 Å². The number of anilines is 1. The van der Waals surface area contributed by atoms with Crippen LogP contribution in [0.25, 0.3) is 10.2 Å². The molecule has 0 aliphatic heterocycles. The second-order valence-corrected chi connectivity index (χ2v) is 6.06. The molecule has 1 heterocycles. The van der Waals surface area contributed by atoms with Gasteiger partial charge in [0.25, 0.3) is 0 Å². The van der Waals surface area contributed by atoms with E-state index in [4.69, 9.17) is 10.8 Å². The number of carboxylic acid groups (broad SMARTS) is 1. The first kappa shape index (κ1) is 14.8. The highest BCUT2D eigenvalue weighted by Gasteiger charge is 2.13. The average Bonchev–Trinajstić information content (AvgIpc) is 2.80. The van der Waals surface area contributed by atoms with E-state index in [9.17, 15) is 9.59 Å². The van der Waals surface area contributed by atoms with Crippen LogP contribution in [0.2, 0.25) is 0 Å². The van der Waals surface area contributed by atoms with E-state index in [1.54, 1.807) is 0 Å². The molecule has 1 amide bonds. The fraction of sp³-hybridized carbons (Fsp3) is 0.250. The van der Waals surface area contributed by atoms with Crippen molar-refractivity contribution in [2.24, 2.45) is 5.73 Å². The summed E-state index contributed by atoms with van der Waals surface area (Å²) in [6.45, 7) is 0. The van der Waals surface area contributed by atoms with E-state index >= 15 is 0 Å². The fourth-order valence-electron chi connectivity index (χ4n) is 1.43. The summed E-state index contributed by atoms with van der Waals surface area (Å²) in [5.74, 6) is -0.935. The summed E-state index contributed by atoms with van der Waals surface area (Å²) in [6.07, 6.45) is 0. The Hall–Kier alpha value is -1.64. The number of carbonyl (C=O) groups excluding carboxylic acids is 1. The number of carbonyl (C=O) groups is 2. The van der Waals surface area contributed by atoms with E-state index in [2.05, 4.69) is 10.3 Å². The van der Waals surface area contributed by atoms with Gasteiger partial charge in [-0.2, -0.15) is 0 Å². The molecule has 0 aliphatic rings. The molecule has 0 fully saturated rings. The quantitative estimate of drug-likeness (QED) is 0.744. The zero-order chi connectivity index (χ0) is 14.5. The van der Waals surface area contributed by atoms with Crippen molar-refractivity contribution in [3.8, 4) is 0 Å². The molecule has 0 aliphatic carbocycles. The Kier molecular flexibility index (Phi) is 4.94. The highest BCUT2D eigenvalue weighted by atomic mass is 32.2. The fourth-order valence-corrected chi connectivity index (χ4v) is 3.08. The third kappa shape index (κ3) is 3.92. The van der Waals surface area contributed by atoms with Crippen molar-refractivity contribution in [1.82, 2.24) is 4.98 Å². The summed E-state index contributed by atoms with van der Waals surface area (Å²) in [5.41, 5.74) is 6.18. The van der Waals surface area contributed by atoms with Crippen LogP contribution in [0.5, 0.6) is 0 Å². The molecule has 0 unspecified atom stereocenters. The van der Waals surface area contributed by atoms with Gasteiger partial charge in [0.2, 0.25) is 5.91 Å². The van der Waals surface area contributed by atoms with E-state index in [-0.39, 0.29) is 17.4 Å². The Labute approximate surface area is 123 Å². The van der Waals surface area contributed by atoms with Crippen molar-refractivity contribution in [1.29, 1.82) is 0 Å². The van der Waals surface area contributed by atoms with Gasteiger partial charge in [0.1, 0.15) is 6.04 Å². The van der Waals surface area contributed by atoms with E-state index in [0.29, 0.717) is 5.13 Å². The van der Waals surface area contributed by atoms with Gasteiger partial charge in [0, 0.05) is 5.75 Å². The smallest absolute Gasteiger partial charge is 0.321 e. The molecule has 1 aromatic carbocycles. The molecule has 0 saturated carbocycles. The predicted octanol–water partition coefficient (Wildman–Crippen LogP) is 1.38. The number of benzene rings is 1. The van der Waals surface area contributed by atoms with Crippen molar-refractivity contribution in [3.05, 3.63) is 24.3 Å². The van der Waals surface area contributed by atoms with E-state index in [0.717, 1.165) is 10.2 Å². The third-order valence-corrected chi connectivity index (χ3v) is 4.40. The summed E-state index contributed by atoms with van der Waals surface area (Å²) in [4.78, 5) is 26.5. The van der Waals surface area contributed by atoms with Crippen molar-refractivity contribution >= 4 is 50.3 Å². The number of carboxylic acids is 1. The van der Waals surface area contributed by atoms with Crippen LogP contribution in [0.3, 0.4) is 0 Å². The minimum atomic E-state index is -1.07. The minimum Gasteiger partial charge on any atom is -0.480 e. The third-order valence-electron chi connectivity index (χ3n) is 2.39. The van der Waals surface area contributed by atoms with E-state index in [1.165, 1.54) is 23.1 Å². The molecule has 1 atom stereocenters. The number of thioether (sulfide) groups is 1. The molecule has 0 radical (unpaired) electrons. The molecule has 106 valence electrons. The number of rotatable bonds is 6. The first-order valence-corrected chi connectivity index (χ1v) is 7.75. The number of nitrogens with one attached hydrogen (secondary N) is 1. The van der Waals surface area contributed by atoms with E-state index in [1.807, 2.05) is 24.3 Å². The zero-order valence-corrected chi connectivity index (χ0v) is 12.0. The summed E-state index contributed by atoms with van der Waals surface area (Å²) < 4.78 is 1.00. The molecular weight excluding hydrogens is 298 g/mol. The first-order valence-electron chi connectivity index (χ1n) is 5.78. The summed E-state index contributed by atoms with van der Waals surface area (Å²) in [6, 6.07) is 6.66. The lowest BCUT2D eigenvalue weighted by molar-refractivity contribution is -0.137. The van der Waals surface area contributed by atoms with Gasteiger partial charge in [0.15, 0.2) is 5.13 Å². The van der Waals surface area contributed by atoms with Crippen LogP contribution in [0.1, 0.15) is 0 Å². The molecule has 8 heteroatoms. The van der Waals surface area contributed by atoms with Gasteiger partial charge in [-0.1, -0.05) is 23.5 Å². The number of nitrogens with two attached hydrogens (primary N) is 1. The van der Waals surface area contributed by atoms with Crippen molar-refractivity contribution in [3.63, 3.8) is 0 Å². The molecule has 4 N–H and O–H groups in total. The maximum atomic E-state index is 11.7. The van der Waals surface area contributed by atoms with Crippen LogP contribution in [-0.4, -0.2) is 39.5 Å².